The fourth-order valence-corrected chi connectivity index (χ4v) is 5.25. The lowest BCUT2D eigenvalue weighted by atomic mass is 9.89. The number of likely N-dealkylation sites (tertiary alicyclic amines) is 1. The van der Waals surface area contributed by atoms with Crippen LogP contribution in [0, 0.1) is 0 Å². The Morgan fingerprint density at radius 1 is 1.23 bits per heavy atom. The molecular weight excluding hydrogens is 430 g/mol. The van der Waals surface area contributed by atoms with Crippen molar-refractivity contribution < 1.29 is 9.53 Å². The number of nitrogens with one attached hydrogen (secondary N) is 1. The summed E-state index contributed by atoms with van der Waals surface area (Å²) in [5.41, 5.74) is 3.86. The maximum absolute atomic E-state index is 13.0. The first-order chi connectivity index (χ1) is 15.1. The Kier molecular flexibility index (Phi) is 5.42. The maximum Gasteiger partial charge on any atom is 0.273 e. The number of rotatable bonds is 4. The highest BCUT2D eigenvalue weighted by molar-refractivity contribution is 7.13. The molecule has 0 radical (unpaired) electrons. The summed E-state index contributed by atoms with van der Waals surface area (Å²) in [5.74, 6) is 1.28. The minimum absolute atomic E-state index is 0.00331. The molecule has 0 aliphatic carbocycles. The number of carbonyl (C=O) groups is 1. The number of piperidine rings is 1. The second-order valence-electron chi connectivity index (χ2n) is 7.77. The molecule has 0 bridgehead atoms. The van der Waals surface area contributed by atoms with Crippen LogP contribution in [-0.2, 0) is 0 Å². The molecule has 4 aromatic rings. The summed E-state index contributed by atoms with van der Waals surface area (Å²) in [7, 11) is 1.69. The second-order valence-corrected chi connectivity index (χ2v) is 9.06. The van der Waals surface area contributed by atoms with E-state index in [9.17, 15) is 4.79 Å². The maximum atomic E-state index is 13.0. The van der Waals surface area contributed by atoms with Gasteiger partial charge >= 0.3 is 0 Å². The number of aromatic amines is 1. The molecule has 0 atom stereocenters. The minimum atomic E-state index is 0.00331. The van der Waals surface area contributed by atoms with Crippen molar-refractivity contribution in [3.8, 4) is 16.3 Å². The van der Waals surface area contributed by atoms with Gasteiger partial charge in [0.1, 0.15) is 16.5 Å². The van der Waals surface area contributed by atoms with Crippen LogP contribution >= 0.6 is 22.9 Å². The lowest BCUT2D eigenvalue weighted by Gasteiger charge is -2.31. The fraction of sp³-hybridized carbons (Fsp3) is 0.250. The van der Waals surface area contributed by atoms with Crippen molar-refractivity contribution in [1.82, 2.24) is 14.9 Å². The van der Waals surface area contributed by atoms with Gasteiger partial charge in [-0.05, 0) is 54.7 Å². The number of carbonyl (C=O) groups excluding carboxylic acids is 1. The van der Waals surface area contributed by atoms with E-state index in [-0.39, 0.29) is 5.91 Å². The Hall–Kier alpha value is -2.83. The van der Waals surface area contributed by atoms with E-state index in [4.69, 9.17) is 16.3 Å². The van der Waals surface area contributed by atoms with E-state index in [0.29, 0.717) is 16.6 Å². The summed E-state index contributed by atoms with van der Waals surface area (Å²) in [6.45, 7) is 1.45. The van der Waals surface area contributed by atoms with Gasteiger partial charge in [0.15, 0.2) is 0 Å². The highest BCUT2D eigenvalue weighted by Gasteiger charge is 2.27. The lowest BCUT2D eigenvalue weighted by molar-refractivity contribution is 0.0708. The number of amides is 1. The van der Waals surface area contributed by atoms with Crippen LogP contribution in [0.2, 0.25) is 5.02 Å². The van der Waals surface area contributed by atoms with Crippen LogP contribution in [-0.4, -0.2) is 41.0 Å². The molecule has 1 fully saturated rings. The number of aromatic nitrogens is 2. The van der Waals surface area contributed by atoms with E-state index in [1.54, 1.807) is 7.11 Å². The standard InChI is InChI=1S/C24H22ClN3O2S/c1-30-18-5-6-21-19(12-18)20(13-26-21)15-7-9-28(10-8-15)24(29)22-14-31-23(27-22)16-3-2-4-17(25)11-16/h2-6,11-15,26H,7-10H2,1H3. The highest BCUT2D eigenvalue weighted by atomic mass is 35.5. The first-order valence-electron chi connectivity index (χ1n) is 10.3. The molecule has 31 heavy (non-hydrogen) atoms. The van der Waals surface area contributed by atoms with Crippen LogP contribution in [0.3, 0.4) is 0 Å². The zero-order valence-corrected chi connectivity index (χ0v) is 18.7. The SMILES string of the molecule is COc1ccc2[nH]cc(C3CCN(C(=O)c4csc(-c5cccc(Cl)c5)n4)CC3)c2c1. The average molecular weight is 452 g/mol. The third-order valence-corrected chi connectivity index (χ3v) is 7.06. The molecule has 3 heterocycles. The van der Waals surface area contributed by atoms with Gasteiger partial charge in [-0.3, -0.25) is 4.79 Å². The molecule has 0 saturated carbocycles. The van der Waals surface area contributed by atoms with Crippen molar-refractivity contribution in [3.63, 3.8) is 0 Å². The Labute approximate surface area is 189 Å². The zero-order chi connectivity index (χ0) is 21.4. The Bertz CT molecular complexity index is 1240. The van der Waals surface area contributed by atoms with Gasteiger partial charge in [-0.1, -0.05) is 23.7 Å². The minimum Gasteiger partial charge on any atom is -0.497 e. The summed E-state index contributed by atoms with van der Waals surface area (Å²) < 4.78 is 5.39. The summed E-state index contributed by atoms with van der Waals surface area (Å²) in [6.07, 6.45) is 3.96. The third kappa shape index (κ3) is 3.93. The van der Waals surface area contributed by atoms with Gasteiger partial charge in [-0.25, -0.2) is 4.98 Å². The number of benzene rings is 2. The number of ether oxygens (including phenoxy) is 1. The van der Waals surface area contributed by atoms with Gasteiger partial charge in [0.05, 0.1) is 7.11 Å². The smallest absolute Gasteiger partial charge is 0.273 e. The quantitative estimate of drug-likeness (QED) is 0.415. The van der Waals surface area contributed by atoms with Gasteiger partial charge in [-0.15, -0.1) is 11.3 Å². The number of nitrogens with zero attached hydrogens (tertiary/aromatic N) is 2. The van der Waals surface area contributed by atoms with Gasteiger partial charge in [0, 0.05) is 46.2 Å². The van der Waals surface area contributed by atoms with Crippen molar-refractivity contribution in [3.05, 3.63) is 70.3 Å². The Morgan fingerprint density at radius 2 is 2.06 bits per heavy atom. The zero-order valence-electron chi connectivity index (χ0n) is 17.1. The van der Waals surface area contributed by atoms with E-state index in [0.717, 1.165) is 47.8 Å². The Balaban J connectivity index is 1.28. The molecule has 1 aliphatic rings. The van der Waals surface area contributed by atoms with E-state index in [1.165, 1.54) is 22.3 Å². The van der Waals surface area contributed by atoms with Crippen LogP contribution in [0.15, 0.2) is 54.0 Å². The number of thiazole rings is 1. The predicted octanol–water partition coefficient (Wildman–Crippen LogP) is 5.97. The molecule has 0 unspecified atom stereocenters. The van der Waals surface area contributed by atoms with Crippen LogP contribution in [0.1, 0.15) is 34.8 Å². The van der Waals surface area contributed by atoms with Gasteiger partial charge in [-0.2, -0.15) is 0 Å². The summed E-state index contributed by atoms with van der Waals surface area (Å²) in [5, 5.41) is 4.53. The molecule has 5 nitrogen and oxygen atoms in total. The van der Waals surface area contributed by atoms with Crippen LogP contribution < -0.4 is 4.74 Å². The first kappa shape index (κ1) is 20.1. The molecular formula is C24H22ClN3O2S. The number of halogens is 1. The molecule has 0 spiro atoms. The molecule has 1 saturated heterocycles. The predicted molar refractivity (Wildman–Crippen MR) is 125 cm³/mol. The number of methoxy groups -OCH3 is 1. The average Bonchev–Trinajstić information content (AvgIpc) is 3.46. The monoisotopic (exact) mass is 451 g/mol. The largest absolute Gasteiger partial charge is 0.497 e. The number of H-pyrrole nitrogens is 1. The number of hydrogen-bond donors (Lipinski definition) is 1. The van der Waals surface area contributed by atoms with E-state index < -0.39 is 0 Å². The van der Waals surface area contributed by atoms with E-state index in [1.807, 2.05) is 40.6 Å². The normalized spacial score (nSPS) is 14.8. The van der Waals surface area contributed by atoms with Crippen molar-refractivity contribution in [2.24, 2.45) is 0 Å². The highest BCUT2D eigenvalue weighted by Crippen LogP contribution is 2.35. The lowest BCUT2D eigenvalue weighted by Crippen LogP contribution is -2.38. The molecule has 1 aliphatic heterocycles. The summed E-state index contributed by atoms with van der Waals surface area (Å²) in [6, 6.07) is 13.7. The van der Waals surface area contributed by atoms with Crippen LogP contribution in [0.25, 0.3) is 21.5 Å². The summed E-state index contributed by atoms with van der Waals surface area (Å²) in [4.78, 5) is 22.9. The van der Waals surface area contributed by atoms with Crippen molar-refractivity contribution in [2.75, 3.05) is 20.2 Å². The van der Waals surface area contributed by atoms with Crippen LogP contribution in [0.5, 0.6) is 5.75 Å². The molecule has 1 N–H and O–H groups in total. The van der Waals surface area contributed by atoms with Crippen molar-refractivity contribution >= 4 is 39.7 Å². The molecule has 1 amide bonds. The molecule has 2 aromatic carbocycles. The second kappa shape index (κ2) is 8.36. The molecule has 5 rings (SSSR count). The van der Waals surface area contributed by atoms with E-state index >= 15 is 0 Å². The number of hydrogen-bond acceptors (Lipinski definition) is 4. The summed E-state index contributed by atoms with van der Waals surface area (Å²) >= 11 is 7.56. The topological polar surface area (TPSA) is 58.2 Å². The van der Waals surface area contributed by atoms with Crippen molar-refractivity contribution in [1.29, 1.82) is 0 Å². The van der Waals surface area contributed by atoms with Crippen LogP contribution in [0.4, 0.5) is 0 Å². The van der Waals surface area contributed by atoms with Gasteiger partial charge in [0.25, 0.3) is 5.91 Å². The Morgan fingerprint density at radius 3 is 2.84 bits per heavy atom. The number of fused-ring (bicyclic) bond motifs is 1. The van der Waals surface area contributed by atoms with Gasteiger partial charge in [0.2, 0.25) is 0 Å². The fourth-order valence-electron chi connectivity index (χ4n) is 4.27. The first-order valence-corrected chi connectivity index (χ1v) is 11.5. The molecule has 158 valence electrons. The van der Waals surface area contributed by atoms with Crippen molar-refractivity contribution in [2.45, 2.75) is 18.8 Å². The van der Waals surface area contributed by atoms with E-state index in [2.05, 4.69) is 28.3 Å². The molecule has 7 heteroatoms. The third-order valence-electron chi connectivity index (χ3n) is 5.94. The molecule has 2 aromatic heterocycles. The van der Waals surface area contributed by atoms with Gasteiger partial charge < -0.3 is 14.6 Å².